The van der Waals surface area contributed by atoms with Gasteiger partial charge in [0, 0.05) is 44.1 Å². The summed E-state index contributed by atoms with van der Waals surface area (Å²) < 4.78 is 8.72. The zero-order valence-electron chi connectivity index (χ0n) is 30.2. The number of hydrogen-bond acceptors (Lipinski definition) is 1. The average molecular weight is 682 g/mol. The molecule has 12 rings (SSSR count). The van der Waals surface area contributed by atoms with Crippen molar-refractivity contribution in [3.8, 4) is 39.1 Å². The molecule has 254 valence electrons. The van der Waals surface area contributed by atoms with Crippen molar-refractivity contribution in [3.63, 3.8) is 0 Å². The maximum absolute atomic E-state index is 6.33. The van der Waals surface area contributed by atoms with Crippen LogP contribution >= 0.6 is 0 Å². The molecule has 0 N–H and O–H groups in total. The number of furan rings is 1. The monoisotopic (exact) mass is 681 g/mol. The fourth-order valence-electron chi connectivity index (χ4n) is 10.9. The van der Waals surface area contributed by atoms with Crippen molar-refractivity contribution in [2.45, 2.75) is 56.8 Å². The molecule has 9 aromatic rings. The molecule has 0 saturated heterocycles. The summed E-state index contributed by atoms with van der Waals surface area (Å²) in [6.07, 6.45) is 6.48. The second-order valence-electron chi connectivity index (χ2n) is 16.4. The maximum Gasteiger partial charge on any atom is 0.137 e. The zero-order valence-corrected chi connectivity index (χ0v) is 30.2. The van der Waals surface area contributed by atoms with Gasteiger partial charge in [-0.2, -0.15) is 0 Å². The minimum Gasteiger partial charge on any atom is -0.456 e. The predicted molar refractivity (Wildman–Crippen MR) is 220 cm³/mol. The van der Waals surface area contributed by atoms with Crippen LogP contribution in [0.2, 0.25) is 0 Å². The molecule has 2 heterocycles. The van der Waals surface area contributed by atoms with E-state index in [1.807, 2.05) is 12.1 Å². The molecular weight excluding hydrogens is 643 g/mol. The summed E-state index contributed by atoms with van der Waals surface area (Å²) >= 11 is 0. The van der Waals surface area contributed by atoms with E-state index < -0.39 is 0 Å². The second-order valence-corrected chi connectivity index (χ2v) is 16.4. The molecule has 0 bridgehead atoms. The molecule has 3 aliphatic rings. The van der Waals surface area contributed by atoms with Crippen molar-refractivity contribution >= 4 is 43.7 Å². The van der Waals surface area contributed by atoms with Gasteiger partial charge in [0.05, 0.1) is 11.0 Å². The normalized spacial score (nSPS) is 16.4. The number of benzene rings is 7. The molecule has 0 aliphatic heterocycles. The molecule has 2 aromatic heterocycles. The van der Waals surface area contributed by atoms with Crippen LogP contribution in [0.3, 0.4) is 0 Å². The van der Waals surface area contributed by atoms with E-state index in [1.54, 1.807) is 11.1 Å². The van der Waals surface area contributed by atoms with Crippen molar-refractivity contribution in [1.29, 1.82) is 0 Å². The fraction of sp³-hybridized carbons (Fsp3) is 0.176. The summed E-state index contributed by atoms with van der Waals surface area (Å²) in [7, 11) is 0. The second kappa shape index (κ2) is 10.4. The summed E-state index contributed by atoms with van der Waals surface area (Å²) in [6.45, 7) is 4.84. The minimum absolute atomic E-state index is 0.0617. The van der Waals surface area contributed by atoms with Gasteiger partial charge in [-0.3, -0.25) is 0 Å². The van der Waals surface area contributed by atoms with Gasteiger partial charge >= 0.3 is 0 Å². The first kappa shape index (κ1) is 29.7. The van der Waals surface area contributed by atoms with E-state index in [1.165, 1.54) is 98.4 Å². The van der Waals surface area contributed by atoms with Crippen molar-refractivity contribution in [2.75, 3.05) is 0 Å². The molecule has 1 saturated carbocycles. The largest absolute Gasteiger partial charge is 0.456 e. The van der Waals surface area contributed by atoms with Gasteiger partial charge < -0.3 is 8.98 Å². The minimum atomic E-state index is -0.0617. The van der Waals surface area contributed by atoms with E-state index in [-0.39, 0.29) is 10.8 Å². The smallest absolute Gasteiger partial charge is 0.137 e. The van der Waals surface area contributed by atoms with E-state index in [2.05, 4.69) is 146 Å². The fourth-order valence-corrected chi connectivity index (χ4v) is 10.9. The summed E-state index contributed by atoms with van der Waals surface area (Å²) in [5.41, 5.74) is 19.8. The van der Waals surface area contributed by atoms with Crippen molar-refractivity contribution in [2.24, 2.45) is 0 Å². The van der Waals surface area contributed by atoms with Crippen LogP contribution in [0, 0.1) is 0 Å². The van der Waals surface area contributed by atoms with Crippen LogP contribution in [0.15, 0.2) is 144 Å². The Morgan fingerprint density at radius 1 is 0.453 bits per heavy atom. The molecule has 53 heavy (non-hydrogen) atoms. The van der Waals surface area contributed by atoms with E-state index in [9.17, 15) is 0 Å². The Labute approximate surface area is 309 Å². The maximum atomic E-state index is 6.33. The Bertz CT molecular complexity index is 3020. The number of aromatic nitrogens is 1. The summed E-state index contributed by atoms with van der Waals surface area (Å²) in [4.78, 5) is 0. The summed E-state index contributed by atoms with van der Waals surface area (Å²) in [5, 5.41) is 4.83. The molecule has 0 unspecified atom stereocenters. The summed E-state index contributed by atoms with van der Waals surface area (Å²) in [6, 6.07) is 52.5. The third-order valence-corrected chi connectivity index (χ3v) is 13.4. The lowest BCUT2D eigenvalue weighted by atomic mass is 9.67. The highest BCUT2D eigenvalue weighted by Crippen LogP contribution is 2.60. The first-order valence-electron chi connectivity index (χ1n) is 19.4. The van der Waals surface area contributed by atoms with Crippen LogP contribution in [0.25, 0.3) is 82.8 Å². The Balaban J connectivity index is 1.01. The van der Waals surface area contributed by atoms with Gasteiger partial charge in [-0.25, -0.2) is 0 Å². The van der Waals surface area contributed by atoms with Crippen LogP contribution in [0.5, 0.6) is 0 Å². The third kappa shape index (κ3) is 3.88. The van der Waals surface area contributed by atoms with Crippen LogP contribution in [0.1, 0.15) is 68.2 Å². The van der Waals surface area contributed by atoms with Gasteiger partial charge in [-0.1, -0.05) is 112 Å². The van der Waals surface area contributed by atoms with E-state index in [4.69, 9.17) is 4.42 Å². The lowest BCUT2D eigenvalue weighted by molar-refractivity contribution is 0.353. The molecule has 3 aliphatic carbocycles. The van der Waals surface area contributed by atoms with Crippen LogP contribution in [0.4, 0.5) is 0 Å². The first-order chi connectivity index (χ1) is 26.0. The van der Waals surface area contributed by atoms with Crippen molar-refractivity contribution in [1.82, 2.24) is 4.57 Å². The van der Waals surface area contributed by atoms with E-state index in [0.29, 0.717) is 0 Å². The molecule has 2 nitrogen and oxygen atoms in total. The topological polar surface area (TPSA) is 18.1 Å². The predicted octanol–water partition coefficient (Wildman–Crippen LogP) is 13.9. The summed E-state index contributed by atoms with van der Waals surface area (Å²) in [5.74, 6) is 0. The molecule has 0 radical (unpaired) electrons. The number of fused-ring (bicyclic) bond motifs is 14. The quantitative estimate of drug-likeness (QED) is 0.178. The number of rotatable bonds is 2. The van der Waals surface area contributed by atoms with E-state index >= 15 is 0 Å². The molecule has 0 atom stereocenters. The van der Waals surface area contributed by atoms with Gasteiger partial charge in [0.25, 0.3) is 0 Å². The number of hydrogen-bond donors (Lipinski definition) is 0. The third-order valence-electron chi connectivity index (χ3n) is 13.4. The van der Waals surface area contributed by atoms with Crippen LogP contribution < -0.4 is 0 Å². The van der Waals surface area contributed by atoms with Gasteiger partial charge in [0.2, 0.25) is 0 Å². The lowest BCUT2D eigenvalue weighted by Crippen LogP contribution is -2.28. The number of nitrogens with zero attached hydrogens (tertiary/aromatic N) is 1. The number of para-hydroxylation sites is 2. The van der Waals surface area contributed by atoms with Gasteiger partial charge in [-0.15, -0.1) is 0 Å². The lowest BCUT2D eigenvalue weighted by Gasteiger charge is -2.36. The van der Waals surface area contributed by atoms with Gasteiger partial charge in [-0.05, 0) is 123 Å². The zero-order chi connectivity index (χ0) is 35.1. The highest BCUT2D eigenvalue weighted by molar-refractivity contribution is 6.11. The van der Waals surface area contributed by atoms with Crippen molar-refractivity contribution in [3.05, 3.63) is 162 Å². The standard InChI is InChI=1S/C51H39NO/c1-50(2)42-22-18-31(26-38(42)40-30-45-39(29-44(40)50)34-12-4-7-15-43(34)51(45)24-10-3-11-25-51)32-19-23-47-41(27-32)35-13-5-8-16-46(35)52(47)33-20-21-37-36-14-6-9-17-48(36)53-49(37)28-33/h4-9,12-23,26-30H,3,10-11,24-25H2,1-2H3. The van der Waals surface area contributed by atoms with Crippen LogP contribution in [-0.2, 0) is 10.8 Å². The Kier molecular flexibility index (Phi) is 5.82. The molecule has 1 spiro atoms. The highest BCUT2D eigenvalue weighted by atomic mass is 16.3. The SMILES string of the molecule is CC1(C)c2ccc(-c3ccc4c(c3)c3ccccc3n4-c3ccc4c(c3)oc3ccccc34)cc2-c2cc3c(cc21)-c1ccccc1C31CCCCC1. The Hall–Kier alpha value is -5.86. The van der Waals surface area contributed by atoms with Gasteiger partial charge in [0.1, 0.15) is 11.2 Å². The van der Waals surface area contributed by atoms with E-state index in [0.717, 1.165) is 27.6 Å². The Morgan fingerprint density at radius 3 is 2.04 bits per heavy atom. The average Bonchev–Trinajstić information content (AvgIpc) is 3.88. The molecule has 0 amide bonds. The van der Waals surface area contributed by atoms with Crippen molar-refractivity contribution < 1.29 is 4.42 Å². The molecular formula is C51H39NO. The molecule has 7 aromatic carbocycles. The Morgan fingerprint density at radius 2 is 1.13 bits per heavy atom. The van der Waals surface area contributed by atoms with Gasteiger partial charge in [0.15, 0.2) is 0 Å². The first-order valence-corrected chi connectivity index (χ1v) is 19.4. The highest BCUT2D eigenvalue weighted by Gasteiger charge is 2.46. The molecule has 2 heteroatoms. The van der Waals surface area contributed by atoms with Crippen LogP contribution in [-0.4, -0.2) is 4.57 Å². The molecule has 1 fully saturated rings.